The molecule has 3 N–H and O–H groups in total. The molecule has 2 aromatic carbocycles. The van der Waals surface area contributed by atoms with E-state index in [0.29, 0.717) is 17.6 Å². The molecule has 1 heterocycles. The smallest absolute Gasteiger partial charge is 0.233 e. The van der Waals surface area contributed by atoms with Crippen LogP contribution in [0.15, 0.2) is 54.6 Å². The maximum atomic E-state index is 6.10. The molecule has 0 atom stereocenters. The van der Waals surface area contributed by atoms with Gasteiger partial charge in [-0.15, -0.1) is 0 Å². The van der Waals surface area contributed by atoms with E-state index in [9.17, 15) is 0 Å². The van der Waals surface area contributed by atoms with Crippen LogP contribution in [0.25, 0.3) is 0 Å². The van der Waals surface area contributed by atoms with Crippen LogP contribution < -0.4 is 16.0 Å². The highest BCUT2D eigenvalue weighted by Gasteiger charge is 2.13. The van der Waals surface area contributed by atoms with E-state index in [-0.39, 0.29) is 0 Å². The molecule has 5 nitrogen and oxygen atoms in total. The van der Waals surface area contributed by atoms with E-state index in [1.807, 2.05) is 61.3 Å². The van der Waals surface area contributed by atoms with Gasteiger partial charge in [-0.2, -0.15) is 9.97 Å². The molecular weight excluding hydrogens is 298 g/mol. The van der Waals surface area contributed by atoms with Crippen molar-refractivity contribution in [2.45, 2.75) is 13.8 Å². The normalized spacial score (nSPS) is 10.5. The Morgan fingerprint density at radius 3 is 2.25 bits per heavy atom. The molecule has 0 bridgehead atoms. The van der Waals surface area contributed by atoms with Gasteiger partial charge in [0.1, 0.15) is 11.6 Å². The van der Waals surface area contributed by atoms with Crippen molar-refractivity contribution in [2.24, 2.45) is 0 Å². The molecule has 122 valence electrons. The van der Waals surface area contributed by atoms with Gasteiger partial charge in [-0.3, -0.25) is 0 Å². The van der Waals surface area contributed by atoms with Crippen molar-refractivity contribution in [3.8, 4) is 0 Å². The Bertz CT molecular complexity index is 828. The van der Waals surface area contributed by atoms with Crippen LogP contribution >= 0.6 is 0 Å². The van der Waals surface area contributed by atoms with Crippen molar-refractivity contribution >= 4 is 29.0 Å². The van der Waals surface area contributed by atoms with Crippen molar-refractivity contribution in [1.29, 1.82) is 0 Å². The van der Waals surface area contributed by atoms with Gasteiger partial charge in [-0.05, 0) is 38.1 Å². The maximum Gasteiger partial charge on any atom is 0.233 e. The lowest BCUT2D eigenvalue weighted by atomic mass is 10.2. The molecule has 0 spiro atoms. The number of benzene rings is 2. The molecule has 3 rings (SSSR count). The second-order valence-corrected chi connectivity index (χ2v) is 5.77. The number of anilines is 5. The van der Waals surface area contributed by atoms with E-state index in [2.05, 4.69) is 34.3 Å². The number of para-hydroxylation sites is 1. The fraction of sp³-hybridized carbons (Fsp3) is 0.158. The van der Waals surface area contributed by atoms with Crippen molar-refractivity contribution in [1.82, 2.24) is 9.97 Å². The lowest BCUT2D eigenvalue weighted by Gasteiger charge is -2.20. The van der Waals surface area contributed by atoms with Crippen LogP contribution in [0.1, 0.15) is 11.1 Å². The first-order chi connectivity index (χ1) is 11.5. The average Bonchev–Trinajstić information content (AvgIpc) is 2.60. The third-order valence-electron chi connectivity index (χ3n) is 3.93. The zero-order chi connectivity index (χ0) is 17.1. The van der Waals surface area contributed by atoms with E-state index in [0.717, 1.165) is 16.9 Å². The van der Waals surface area contributed by atoms with Gasteiger partial charge in [-0.25, -0.2) is 0 Å². The van der Waals surface area contributed by atoms with Gasteiger partial charge >= 0.3 is 0 Å². The maximum absolute atomic E-state index is 6.10. The largest absolute Gasteiger partial charge is 0.383 e. The Kier molecular flexibility index (Phi) is 4.33. The number of aromatic nitrogens is 2. The van der Waals surface area contributed by atoms with E-state index in [1.54, 1.807) is 0 Å². The Labute approximate surface area is 142 Å². The van der Waals surface area contributed by atoms with Crippen LogP contribution in [0, 0.1) is 13.8 Å². The number of rotatable bonds is 4. The topological polar surface area (TPSA) is 67.1 Å². The van der Waals surface area contributed by atoms with Gasteiger partial charge in [0.15, 0.2) is 0 Å². The van der Waals surface area contributed by atoms with Gasteiger partial charge < -0.3 is 16.0 Å². The third-order valence-corrected chi connectivity index (χ3v) is 3.93. The Hall–Kier alpha value is -3.08. The minimum absolute atomic E-state index is 0.470. The number of hydrogen-bond donors (Lipinski definition) is 2. The molecule has 0 aliphatic rings. The first-order valence-electron chi connectivity index (χ1n) is 7.81. The lowest BCUT2D eigenvalue weighted by Crippen LogP contribution is -2.15. The molecule has 1 aromatic heterocycles. The van der Waals surface area contributed by atoms with Gasteiger partial charge in [0.2, 0.25) is 5.95 Å². The second kappa shape index (κ2) is 6.58. The van der Waals surface area contributed by atoms with Crippen LogP contribution in [0.5, 0.6) is 0 Å². The average molecular weight is 319 g/mol. The monoisotopic (exact) mass is 319 g/mol. The van der Waals surface area contributed by atoms with E-state index < -0.39 is 0 Å². The van der Waals surface area contributed by atoms with Crippen LogP contribution in [-0.2, 0) is 0 Å². The summed E-state index contributed by atoms with van der Waals surface area (Å²) in [6, 6.07) is 18.1. The highest BCUT2D eigenvalue weighted by molar-refractivity contribution is 5.67. The molecule has 0 aliphatic carbocycles. The number of nitrogen functional groups attached to an aromatic ring is 1. The molecule has 5 heteroatoms. The van der Waals surface area contributed by atoms with Crippen molar-refractivity contribution in [3.63, 3.8) is 0 Å². The van der Waals surface area contributed by atoms with Crippen molar-refractivity contribution in [3.05, 3.63) is 65.7 Å². The molecule has 0 unspecified atom stereocenters. The molecule has 0 radical (unpaired) electrons. The molecule has 3 aromatic rings. The minimum atomic E-state index is 0.470. The number of nitrogens with one attached hydrogen (secondary N) is 1. The van der Waals surface area contributed by atoms with Crippen LogP contribution in [0.2, 0.25) is 0 Å². The number of hydrogen-bond acceptors (Lipinski definition) is 5. The van der Waals surface area contributed by atoms with E-state index >= 15 is 0 Å². The molecule has 0 fully saturated rings. The SMILES string of the molecule is Cc1ccc(Nc2nc(N(C)c3ccccc3)nc(N)c2C)cc1. The zero-order valence-electron chi connectivity index (χ0n) is 14.1. The van der Waals surface area contributed by atoms with Gasteiger partial charge in [0, 0.05) is 24.0 Å². The number of nitrogens with two attached hydrogens (primary N) is 1. The van der Waals surface area contributed by atoms with Gasteiger partial charge in [-0.1, -0.05) is 35.9 Å². The van der Waals surface area contributed by atoms with Crippen LogP contribution in [-0.4, -0.2) is 17.0 Å². The molecule has 0 amide bonds. The summed E-state index contributed by atoms with van der Waals surface area (Å²) in [5.74, 6) is 1.74. The first-order valence-corrected chi connectivity index (χ1v) is 7.81. The van der Waals surface area contributed by atoms with Gasteiger partial charge in [0.05, 0.1) is 0 Å². The number of nitrogens with zero attached hydrogens (tertiary/aromatic N) is 3. The van der Waals surface area contributed by atoms with Crippen molar-refractivity contribution < 1.29 is 0 Å². The molecule has 0 aliphatic heterocycles. The predicted octanol–water partition coefficient (Wildman–Crippen LogP) is 4.19. The summed E-state index contributed by atoms with van der Waals surface area (Å²) in [6.07, 6.45) is 0. The fourth-order valence-corrected chi connectivity index (χ4v) is 2.33. The van der Waals surface area contributed by atoms with Crippen LogP contribution in [0.3, 0.4) is 0 Å². The quantitative estimate of drug-likeness (QED) is 0.755. The highest BCUT2D eigenvalue weighted by atomic mass is 15.3. The third kappa shape index (κ3) is 3.30. The Morgan fingerprint density at radius 2 is 1.58 bits per heavy atom. The summed E-state index contributed by atoms with van der Waals surface area (Å²) < 4.78 is 0. The predicted molar refractivity (Wildman–Crippen MR) is 100 cm³/mol. The minimum Gasteiger partial charge on any atom is -0.383 e. The molecule has 0 saturated carbocycles. The first kappa shape index (κ1) is 15.8. The Morgan fingerprint density at radius 1 is 0.917 bits per heavy atom. The van der Waals surface area contributed by atoms with Crippen molar-refractivity contribution in [2.75, 3.05) is 23.0 Å². The van der Waals surface area contributed by atoms with E-state index in [4.69, 9.17) is 5.73 Å². The summed E-state index contributed by atoms with van der Waals surface area (Å²) in [7, 11) is 1.93. The summed E-state index contributed by atoms with van der Waals surface area (Å²) in [6.45, 7) is 3.97. The van der Waals surface area contributed by atoms with E-state index in [1.165, 1.54) is 5.56 Å². The summed E-state index contributed by atoms with van der Waals surface area (Å²) >= 11 is 0. The molecule has 0 saturated heterocycles. The number of aryl methyl sites for hydroxylation is 1. The second-order valence-electron chi connectivity index (χ2n) is 5.77. The van der Waals surface area contributed by atoms with Gasteiger partial charge in [0.25, 0.3) is 0 Å². The zero-order valence-corrected chi connectivity index (χ0v) is 14.1. The van der Waals surface area contributed by atoms with Crippen LogP contribution in [0.4, 0.5) is 29.0 Å². The molecular formula is C19H21N5. The summed E-state index contributed by atoms with van der Waals surface area (Å²) in [5, 5.41) is 3.33. The summed E-state index contributed by atoms with van der Waals surface area (Å²) in [4.78, 5) is 11.0. The highest BCUT2D eigenvalue weighted by Crippen LogP contribution is 2.27. The Balaban J connectivity index is 1.95. The molecule has 24 heavy (non-hydrogen) atoms. The lowest BCUT2D eigenvalue weighted by molar-refractivity contribution is 1.04. The summed E-state index contributed by atoms with van der Waals surface area (Å²) in [5.41, 5.74) is 10.1. The fourth-order valence-electron chi connectivity index (χ4n) is 2.33. The standard InChI is InChI=1S/C19H21N5/c1-13-9-11-15(12-10-13)21-18-14(2)17(20)22-19(23-18)24(3)16-7-5-4-6-8-16/h4-12H,1-3H3,(H3,20,21,22,23).